The Kier molecular flexibility index (Phi) is 7.36. The zero-order chi connectivity index (χ0) is 21.4. The molecule has 8 N–H and O–H groups in total. The van der Waals surface area contributed by atoms with Gasteiger partial charge in [0.15, 0.2) is 12.6 Å². The van der Waals surface area contributed by atoms with Gasteiger partial charge >= 0.3 is 0 Å². The molecule has 0 unspecified atom stereocenters. The molecule has 10 atom stereocenters. The third-order valence-corrected chi connectivity index (χ3v) is 4.95. The highest BCUT2D eigenvalue weighted by atomic mass is 32.2. The molecule has 2 rings (SSSR count). The van der Waals surface area contributed by atoms with E-state index in [0.717, 1.165) is 0 Å². The van der Waals surface area contributed by atoms with Crippen molar-refractivity contribution in [1.82, 2.24) is 0 Å². The van der Waals surface area contributed by atoms with Gasteiger partial charge in [-0.05, 0) is 0 Å². The number of ether oxygens (including phenoxy) is 3. The van der Waals surface area contributed by atoms with Gasteiger partial charge in [-0.15, -0.1) is 0 Å². The summed E-state index contributed by atoms with van der Waals surface area (Å²) in [6, 6.07) is 0. The molecule has 2 fully saturated rings. The fourth-order valence-electron chi connectivity index (χ4n) is 2.92. The molecular formula is C13H24O14S. The molecule has 28 heavy (non-hydrogen) atoms. The van der Waals surface area contributed by atoms with Crippen molar-refractivity contribution in [1.29, 1.82) is 0 Å². The van der Waals surface area contributed by atoms with Crippen LogP contribution in [0.5, 0.6) is 0 Å². The minimum Gasteiger partial charge on any atom is -0.394 e. The summed E-state index contributed by atoms with van der Waals surface area (Å²) in [5, 5.41) is 78.2. The van der Waals surface area contributed by atoms with Crippen molar-refractivity contribution in [2.24, 2.45) is 0 Å². The maximum absolute atomic E-state index is 11.5. The number of hydrogen-bond donors (Lipinski definition) is 8. The van der Waals surface area contributed by atoms with Gasteiger partial charge in [0, 0.05) is 0 Å². The summed E-state index contributed by atoms with van der Waals surface area (Å²) in [5.74, 6) is -2.76. The van der Waals surface area contributed by atoms with Gasteiger partial charge in [0.25, 0.3) is 10.1 Å². The van der Waals surface area contributed by atoms with E-state index in [9.17, 15) is 49.3 Å². The van der Waals surface area contributed by atoms with Gasteiger partial charge in [-0.3, -0.25) is 0 Å². The SMILES string of the molecule is CS(=O)(=O)O[C@@]1(CO)O[C@H](O[C@H]2[C@H](O)[C@@H](O)[C@H](O)O[C@@H]2CO)[C@H](O)[C@H](O)[C@H]1O. The van der Waals surface area contributed by atoms with Crippen molar-refractivity contribution in [3.05, 3.63) is 0 Å². The highest BCUT2D eigenvalue weighted by molar-refractivity contribution is 7.86. The molecule has 0 radical (unpaired) electrons. The Morgan fingerprint density at radius 1 is 0.964 bits per heavy atom. The molecule has 15 heteroatoms. The number of rotatable bonds is 6. The molecule has 0 aromatic heterocycles. The van der Waals surface area contributed by atoms with E-state index in [1.54, 1.807) is 0 Å². The molecule has 2 aliphatic heterocycles. The smallest absolute Gasteiger partial charge is 0.267 e. The molecular weight excluding hydrogens is 412 g/mol. The fraction of sp³-hybridized carbons (Fsp3) is 1.00. The molecule has 0 spiro atoms. The summed E-state index contributed by atoms with van der Waals surface area (Å²) in [5.41, 5.74) is 0. The molecule has 0 aromatic carbocycles. The van der Waals surface area contributed by atoms with E-state index in [-0.39, 0.29) is 0 Å². The van der Waals surface area contributed by atoms with Gasteiger partial charge in [-0.25, -0.2) is 4.18 Å². The maximum Gasteiger partial charge on any atom is 0.267 e. The normalized spacial score (nSPS) is 47.8. The first kappa shape index (κ1) is 23.7. The lowest BCUT2D eigenvalue weighted by Crippen LogP contribution is -2.69. The molecule has 0 amide bonds. The minimum atomic E-state index is -4.35. The number of aliphatic hydroxyl groups excluding tert-OH is 8. The quantitative estimate of drug-likeness (QED) is 0.181. The molecule has 0 aromatic rings. The highest BCUT2D eigenvalue weighted by Crippen LogP contribution is 2.35. The lowest BCUT2D eigenvalue weighted by molar-refractivity contribution is -0.408. The van der Waals surface area contributed by atoms with E-state index in [1.807, 2.05) is 0 Å². The lowest BCUT2D eigenvalue weighted by Gasteiger charge is -2.48. The van der Waals surface area contributed by atoms with Gasteiger partial charge in [0.2, 0.25) is 5.79 Å². The van der Waals surface area contributed by atoms with Crippen LogP contribution in [0.3, 0.4) is 0 Å². The molecule has 2 saturated heterocycles. The summed E-state index contributed by atoms with van der Waals surface area (Å²) in [6.45, 7) is -2.11. The molecule has 0 aliphatic carbocycles. The standard InChI is InChI=1S/C13H24O14S/c1-28(22,23)27-13(3-15)10(20)6(17)8(19)12(26-13)25-9-4(2-14)24-11(21)7(18)5(9)16/h4-12,14-21H,2-3H2,1H3/t4-,5-,6+,7-,8-,9-,10-,11-,12+,13-/m1/s1. The molecule has 166 valence electrons. The van der Waals surface area contributed by atoms with Crippen LogP contribution in [-0.4, -0.2) is 130 Å². The van der Waals surface area contributed by atoms with Crippen LogP contribution in [0, 0.1) is 0 Å². The Hall–Kier alpha value is -0.530. The summed E-state index contributed by atoms with van der Waals surface area (Å²) >= 11 is 0. The predicted molar refractivity (Wildman–Crippen MR) is 83.5 cm³/mol. The highest BCUT2D eigenvalue weighted by Gasteiger charge is 2.58. The third kappa shape index (κ3) is 4.62. The first-order chi connectivity index (χ1) is 12.9. The van der Waals surface area contributed by atoms with E-state index in [0.29, 0.717) is 6.26 Å². The van der Waals surface area contributed by atoms with Gasteiger partial charge < -0.3 is 55.1 Å². The van der Waals surface area contributed by atoms with Crippen molar-refractivity contribution in [3.8, 4) is 0 Å². The second-order valence-electron chi connectivity index (χ2n) is 6.50. The van der Waals surface area contributed by atoms with Gasteiger partial charge in [-0.2, -0.15) is 8.42 Å². The van der Waals surface area contributed by atoms with Crippen molar-refractivity contribution >= 4 is 10.1 Å². The van der Waals surface area contributed by atoms with Crippen LogP contribution < -0.4 is 0 Å². The van der Waals surface area contributed by atoms with Crippen LogP contribution in [0.15, 0.2) is 0 Å². The van der Waals surface area contributed by atoms with Crippen molar-refractivity contribution in [2.45, 2.75) is 61.1 Å². The van der Waals surface area contributed by atoms with Crippen molar-refractivity contribution < 1.29 is 67.7 Å². The molecule has 2 heterocycles. The van der Waals surface area contributed by atoms with E-state index in [2.05, 4.69) is 4.18 Å². The van der Waals surface area contributed by atoms with Crippen molar-refractivity contribution in [3.63, 3.8) is 0 Å². The first-order valence-electron chi connectivity index (χ1n) is 8.06. The summed E-state index contributed by atoms with van der Waals surface area (Å²) in [4.78, 5) is 0. The van der Waals surface area contributed by atoms with Crippen LogP contribution >= 0.6 is 0 Å². The summed E-state index contributed by atoms with van der Waals surface area (Å²) in [7, 11) is -4.35. The predicted octanol–water partition coefficient (Wildman–Crippen LogP) is -6.09. The van der Waals surface area contributed by atoms with E-state index in [1.165, 1.54) is 0 Å². The zero-order valence-corrected chi connectivity index (χ0v) is 15.4. The number of hydrogen-bond acceptors (Lipinski definition) is 14. The second-order valence-corrected chi connectivity index (χ2v) is 8.07. The van der Waals surface area contributed by atoms with Gasteiger partial charge in [-0.1, -0.05) is 0 Å². The Labute approximate surface area is 159 Å². The summed E-state index contributed by atoms with van der Waals surface area (Å²) < 4.78 is 42.6. The van der Waals surface area contributed by atoms with E-state index < -0.39 is 84.4 Å². The topological polar surface area (TPSA) is 233 Å². The Bertz CT molecular complexity index is 627. The largest absolute Gasteiger partial charge is 0.394 e. The third-order valence-electron chi connectivity index (χ3n) is 4.36. The monoisotopic (exact) mass is 436 g/mol. The fourth-order valence-corrected chi connectivity index (χ4v) is 3.63. The van der Waals surface area contributed by atoms with Crippen LogP contribution in [-0.2, 0) is 28.5 Å². The molecule has 0 bridgehead atoms. The maximum atomic E-state index is 11.5. The van der Waals surface area contributed by atoms with Crippen LogP contribution in [0.25, 0.3) is 0 Å². The zero-order valence-electron chi connectivity index (χ0n) is 14.5. The van der Waals surface area contributed by atoms with Crippen LogP contribution in [0.1, 0.15) is 0 Å². The van der Waals surface area contributed by atoms with E-state index in [4.69, 9.17) is 14.2 Å². The average molecular weight is 436 g/mol. The molecule has 2 aliphatic rings. The molecule has 0 saturated carbocycles. The summed E-state index contributed by atoms with van der Waals surface area (Å²) in [6.07, 6.45) is -16.5. The lowest BCUT2D eigenvalue weighted by atomic mass is 9.95. The first-order valence-corrected chi connectivity index (χ1v) is 9.88. The van der Waals surface area contributed by atoms with Gasteiger partial charge in [0.05, 0.1) is 12.9 Å². The van der Waals surface area contributed by atoms with E-state index >= 15 is 0 Å². The van der Waals surface area contributed by atoms with Crippen LogP contribution in [0.4, 0.5) is 0 Å². The molecule has 14 nitrogen and oxygen atoms in total. The number of aliphatic hydroxyl groups is 8. The second kappa shape index (κ2) is 8.68. The van der Waals surface area contributed by atoms with Crippen molar-refractivity contribution in [2.75, 3.05) is 19.5 Å². The van der Waals surface area contributed by atoms with Crippen LogP contribution in [0.2, 0.25) is 0 Å². The average Bonchev–Trinajstić information content (AvgIpc) is 2.62. The Morgan fingerprint density at radius 2 is 1.57 bits per heavy atom. The van der Waals surface area contributed by atoms with Gasteiger partial charge in [0.1, 0.15) is 49.3 Å². The minimum absolute atomic E-state index is 0.575. The Balaban J connectivity index is 2.30. The Morgan fingerprint density at radius 3 is 2.07 bits per heavy atom.